The second-order valence-electron chi connectivity index (χ2n) is 10.3. The van der Waals surface area contributed by atoms with E-state index >= 15 is 0 Å². The van der Waals surface area contributed by atoms with Crippen molar-refractivity contribution in [3.8, 4) is 11.5 Å². The van der Waals surface area contributed by atoms with Gasteiger partial charge >= 0.3 is 5.97 Å². The number of aromatic hydroxyl groups is 2. The van der Waals surface area contributed by atoms with Crippen molar-refractivity contribution in [2.24, 2.45) is 0 Å². The summed E-state index contributed by atoms with van der Waals surface area (Å²) in [7, 11) is 1.15. The predicted octanol–water partition coefficient (Wildman–Crippen LogP) is 1.59. The van der Waals surface area contributed by atoms with Gasteiger partial charge in [0.05, 0.1) is 42.1 Å². The Bertz CT molecular complexity index is 1360. The van der Waals surface area contributed by atoms with Gasteiger partial charge in [0.25, 0.3) is 0 Å². The van der Waals surface area contributed by atoms with Crippen LogP contribution in [0.5, 0.6) is 11.5 Å². The first-order valence-electron chi connectivity index (χ1n) is 12.7. The highest BCUT2D eigenvalue weighted by atomic mass is 16.7. The number of phenolic OH excluding ortho intramolecular Hbond substituents is 2. The van der Waals surface area contributed by atoms with Crippen molar-refractivity contribution in [3.05, 3.63) is 57.6 Å². The standard InChI is InChI=1S/C28H30O11/c1-4-28(36)10-17(39-18-9-16(30)23(31)11(2)38-18)20-13(22(28)27(35)37-3)8-14-21(26(20)34)25(33)19-12(24(14)32)6-5-7-15(19)29/h5-8,11,16-18,22-23,29-31,34,36H,4,9-10H2,1-3H3/t11-,16-,17-,18-,22-,23-,28+/m0/s1. The molecule has 2 aromatic rings. The van der Waals surface area contributed by atoms with Gasteiger partial charge in [-0.1, -0.05) is 19.1 Å². The van der Waals surface area contributed by atoms with Crippen LogP contribution in [0.15, 0.2) is 24.3 Å². The molecule has 1 aliphatic heterocycles. The maximum absolute atomic E-state index is 13.5. The Morgan fingerprint density at radius 1 is 1.13 bits per heavy atom. The van der Waals surface area contributed by atoms with Gasteiger partial charge in [-0.3, -0.25) is 14.4 Å². The molecule has 5 rings (SSSR count). The van der Waals surface area contributed by atoms with Gasteiger partial charge in [0, 0.05) is 29.5 Å². The topological polar surface area (TPSA) is 180 Å². The maximum atomic E-state index is 13.5. The monoisotopic (exact) mass is 542 g/mol. The molecule has 11 nitrogen and oxygen atoms in total. The Kier molecular flexibility index (Phi) is 6.76. The summed E-state index contributed by atoms with van der Waals surface area (Å²) in [6.07, 6.45) is -5.58. The Labute approximate surface area is 223 Å². The van der Waals surface area contributed by atoms with Crippen LogP contribution in [0.1, 0.15) is 88.1 Å². The number of aliphatic hydroxyl groups excluding tert-OH is 2. The summed E-state index contributed by atoms with van der Waals surface area (Å²) in [6, 6.07) is 5.34. The molecule has 5 N–H and O–H groups in total. The number of phenols is 2. The quantitative estimate of drug-likeness (QED) is 0.302. The molecule has 2 aromatic carbocycles. The number of aliphatic hydroxyl groups is 3. The Hall–Kier alpha value is -3.35. The zero-order chi connectivity index (χ0) is 28.4. The first-order valence-corrected chi connectivity index (χ1v) is 12.7. The Morgan fingerprint density at radius 2 is 1.85 bits per heavy atom. The summed E-state index contributed by atoms with van der Waals surface area (Å²) in [4.78, 5) is 40.0. The van der Waals surface area contributed by atoms with Crippen LogP contribution in [0.25, 0.3) is 0 Å². The zero-order valence-corrected chi connectivity index (χ0v) is 21.6. The van der Waals surface area contributed by atoms with Crippen LogP contribution in [0.4, 0.5) is 0 Å². The SMILES string of the molecule is CC[C@@]1(O)C[C@H](O[C@H]2C[C@H](O)[C@@H](O)[C@H](C)O2)c2c(cc3c(c2O)C(=O)c2c(O)cccc2C3=O)[C@H]1C(=O)OC. The molecule has 1 saturated heterocycles. The number of methoxy groups -OCH3 is 1. The summed E-state index contributed by atoms with van der Waals surface area (Å²) in [5, 5.41) is 53.9. The van der Waals surface area contributed by atoms with Crippen LogP contribution in [-0.2, 0) is 19.0 Å². The minimum Gasteiger partial charge on any atom is -0.507 e. The molecule has 1 heterocycles. The minimum absolute atomic E-state index is 0.0147. The molecule has 7 atom stereocenters. The molecule has 0 saturated carbocycles. The smallest absolute Gasteiger partial charge is 0.316 e. The lowest BCUT2D eigenvalue weighted by atomic mass is 9.67. The molecule has 208 valence electrons. The van der Waals surface area contributed by atoms with E-state index in [4.69, 9.17) is 14.2 Å². The number of carbonyl (C=O) groups excluding carboxylic acids is 3. The van der Waals surface area contributed by atoms with Gasteiger partial charge < -0.3 is 39.7 Å². The van der Waals surface area contributed by atoms with Crippen LogP contribution in [0.3, 0.4) is 0 Å². The van der Waals surface area contributed by atoms with E-state index in [0.29, 0.717) is 0 Å². The molecule has 0 bridgehead atoms. The van der Waals surface area contributed by atoms with Gasteiger partial charge in [-0.2, -0.15) is 0 Å². The number of benzene rings is 2. The summed E-state index contributed by atoms with van der Waals surface area (Å²) >= 11 is 0. The van der Waals surface area contributed by atoms with E-state index in [1.54, 1.807) is 13.8 Å². The fraction of sp³-hybridized carbons (Fsp3) is 0.464. The van der Waals surface area contributed by atoms with Crippen molar-refractivity contribution in [1.29, 1.82) is 0 Å². The fourth-order valence-corrected chi connectivity index (χ4v) is 5.98. The second kappa shape index (κ2) is 9.68. The number of fused-ring (bicyclic) bond motifs is 3. The molecule has 2 aliphatic carbocycles. The van der Waals surface area contributed by atoms with Crippen molar-refractivity contribution in [2.75, 3.05) is 7.11 Å². The molecule has 3 aliphatic rings. The van der Waals surface area contributed by atoms with Crippen molar-refractivity contribution in [2.45, 2.75) is 75.3 Å². The first-order chi connectivity index (χ1) is 18.4. The number of hydrogen-bond donors (Lipinski definition) is 5. The van der Waals surface area contributed by atoms with Crippen molar-refractivity contribution in [1.82, 2.24) is 0 Å². The van der Waals surface area contributed by atoms with Gasteiger partial charge in [-0.05, 0) is 31.0 Å². The fourth-order valence-electron chi connectivity index (χ4n) is 5.98. The number of ketones is 2. The molecule has 0 unspecified atom stereocenters. The number of carbonyl (C=O) groups is 3. The van der Waals surface area contributed by atoms with E-state index in [-0.39, 0.29) is 52.6 Å². The van der Waals surface area contributed by atoms with E-state index in [2.05, 4.69) is 0 Å². The molecule has 0 amide bonds. The van der Waals surface area contributed by atoms with Crippen molar-refractivity contribution >= 4 is 17.5 Å². The van der Waals surface area contributed by atoms with Gasteiger partial charge in [0.15, 0.2) is 12.1 Å². The highest BCUT2D eigenvalue weighted by Gasteiger charge is 2.53. The third kappa shape index (κ3) is 4.12. The van der Waals surface area contributed by atoms with E-state index < -0.39 is 71.3 Å². The lowest BCUT2D eigenvalue weighted by Gasteiger charge is -2.45. The van der Waals surface area contributed by atoms with Crippen LogP contribution in [0.2, 0.25) is 0 Å². The number of hydrogen-bond acceptors (Lipinski definition) is 11. The zero-order valence-electron chi connectivity index (χ0n) is 21.6. The number of ether oxygens (including phenoxy) is 3. The predicted molar refractivity (Wildman–Crippen MR) is 132 cm³/mol. The molecule has 0 aromatic heterocycles. The second-order valence-corrected chi connectivity index (χ2v) is 10.3. The Morgan fingerprint density at radius 3 is 2.49 bits per heavy atom. The van der Waals surface area contributed by atoms with Crippen LogP contribution < -0.4 is 0 Å². The molecule has 39 heavy (non-hydrogen) atoms. The minimum atomic E-state index is -1.73. The van der Waals surface area contributed by atoms with Gasteiger partial charge in [-0.15, -0.1) is 0 Å². The van der Waals surface area contributed by atoms with Crippen LogP contribution >= 0.6 is 0 Å². The molecule has 0 radical (unpaired) electrons. The van der Waals surface area contributed by atoms with Gasteiger partial charge in [-0.25, -0.2) is 0 Å². The summed E-state index contributed by atoms with van der Waals surface area (Å²) in [5.41, 5.74) is -2.57. The van der Waals surface area contributed by atoms with Crippen molar-refractivity contribution in [3.63, 3.8) is 0 Å². The van der Waals surface area contributed by atoms with Crippen molar-refractivity contribution < 1.29 is 54.1 Å². The molecular weight excluding hydrogens is 512 g/mol. The van der Waals surface area contributed by atoms with E-state index in [9.17, 15) is 39.9 Å². The normalized spacial score (nSPS) is 31.7. The van der Waals surface area contributed by atoms with E-state index in [0.717, 1.165) is 7.11 Å². The maximum Gasteiger partial charge on any atom is 0.316 e. The van der Waals surface area contributed by atoms with Gasteiger partial charge in [0.2, 0.25) is 5.78 Å². The average molecular weight is 543 g/mol. The Balaban J connectivity index is 1.71. The summed E-state index contributed by atoms with van der Waals surface area (Å²) < 4.78 is 16.8. The van der Waals surface area contributed by atoms with Crippen LogP contribution in [-0.4, -0.2) is 80.4 Å². The number of esters is 1. The largest absolute Gasteiger partial charge is 0.507 e. The third-order valence-electron chi connectivity index (χ3n) is 8.11. The highest BCUT2D eigenvalue weighted by Crippen LogP contribution is 2.53. The molecule has 0 spiro atoms. The number of rotatable bonds is 4. The third-order valence-corrected chi connectivity index (χ3v) is 8.11. The highest BCUT2D eigenvalue weighted by molar-refractivity contribution is 6.30. The van der Waals surface area contributed by atoms with Crippen LogP contribution in [0, 0.1) is 0 Å². The van der Waals surface area contributed by atoms with E-state index in [1.165, 1.54) is 24.3 Å². The van der Waals surface area contributed by atoms with E-state index in [1.807, 2.05) is 0 Å². The molecule has 1 fully saturated rings. The van der Waals surface area contributed by atoms with Gasteiger partial charge in [0.1, 0.15) is 23.5 Å². The first kappa shape index (κ1) is 27.2. The summed E-state index contributed by atoms with van der Waals surface area (Å²) in [6.45, 7) is 3.21. The molecule has 11 heteroatoms. The molecular formula is C28H30O11. The average Bonchev–Trinajstić information content (AvgIpc) is 2.89. The summed E-state index contributed by atoms with van der Waals surface area (Å²) in [5.74, 6) is -4.63. The lowest BCUT2D eigenvalue weighted by molar-refractivity contribution is -0.267. The lowest BCUT2D eigenvalue weighted by Crippen LogP contribution is -2.50.